The molecule has 4 rings (SSSR count). The summed E-state index contributed by atoms with van der Waals surface area (Å²) < 4.78 is 5.61. The maximum atomic E-state index is 12.4. The molecule has 1 aliphatic rings. The van der Waals surface area contributed by atoms with Crippen LogP contribution in [0, 0.1) is 5.92 Å². The highest BCUT2D eigenvalue weighted by atomic mass is 35.5. The van der Waals surface area contributed by atoms with Gasteiger partial charge in [0.1, 0.15) is 5.52 Å². The molecule has 4 nitrogen and oxygen atoms in total. The van der Waals surface area contributed by atoms with Gasteiger partial charge >= 0.3 is 0 Å². The standard InChI is InChI=1S/C21H19ClN2O2/c22-16-10-8-15(9-11-16)21(14-4-3-5-14)24-19(25)12-13-20-23-17-6-1-2-7-18(17)26-20/h1-2,6-14,21H,3-5H2,(H,24,25)/b13-12+. The third-order valence-electron chi connectivity index (χ3n) is 4.84. The zero-order valence-electron chi connectivity index (χ0n) is 14.2. The number of amides is 1. The van der Waals surface area contributed by atoms with Gasteiger partial charge < -0.3 is 9.73 Å². The highest BCUT2D eigenvalue weighted by Crippen LogP contribution is 2.38. The third-order valence-corrected chi connectivity index (χ3v) is 5.09. The number of carbonyl (C=O) groups is 1. The van der Waals surface area contributed by atoms with Gasteiger partial charge in [-0.1, -0.05) is 42.3 Å². The van der Waals surface area contributed by atoms with Gasteiger partial charge in [0.15, 0.2) is 5.58 Å². The molecule has 26 heavy (non-hydrogen) atoms. The molecule has 1 N–H and O–H groups in total. The molecule has 0 bridgehead atoms. The molecular formula is C21H19ClN2O2. The summed E-state index contributed by atoms with van der Waals surface area (Å²) in [6.07, 6.45) is 6.55. The molecule has 0 aliphatic heterocycles. The average Bonchev–Trinajstić information content (AvgIpc) is 3.01. The number of benzene rings is 2. The van der Waals surface area contributed by atoms with Gasteiger partial charge in [0, 0.05) is 17.2 Å². The molecular weight excluding hydrogens is 348 g/mol. The minimum atomic E-state index is -0.154. The van der Waals surface area contributed by atoms with E-state index in [1.807, 2.05) is 48.5 Å². The lowest BCUT2D eigenvalue weighted by Gasteiger charge is -2.34. The van der Waals surface area contributed by atoms with E-state index >= 15 is 0 Å². The zero-order chi connectivity index (χ0) is 17.9. The van der Waals surface area contributed by atoms with Crippen molar-refractivity contribution in [1.82, 2.24) is 10.3 Å². The fraction of sp³-hybridized carbons (Fsp3) is 0.238. The maximum Gasteiger partial charge on any atom is 0.244 e. The number of oxazole rings is 1. The minimum absolute atomic E-state index is 0.00167. The van der Waals surface area contributed by atoms with Crippen LogP contribution >= 0.6 is 11.6 Å². The van der Waals surface area contributed by atoms with E-state index in [4.69, 9.17) is 16.0 Å². The van der Waals surface area contributed by atoms with Crippen molar-refractivity contribution in [2.24, 2.45) is 5.92 Å². The number of carbonyl (C=O) groups excluding carboxylic acids is 1. The van der Waals surface area contributed by atoms with Crippen LogP contribution in [0.5, 0.6) is 0 Å². The first-order valence-electron chi connectivity index (χ1n) is 8.79. The quantitative estimate of drug-likeness (QED) is 0.635. The highest BCUT2D eigenvalue weighted by molar-refractivity contribution is 6.30. The number of nitrogens with zero attached hydrogens (tertiary/aromatic N) is 1. The molecule has 132 valence electrons. The molecule has 1 aliphatic carbocycles. The first-order chi connectivity index (χ1) is 12.7. The van der Waals surface area contributed by atoms with Crippen LogP contribution in [0.2, 0.25) is 5.02 Å². The van der Waals surface area contributed by atoms with Crippen molar-refractivity contribution in [2.45, 2.75) is 25.3 Å². The molecule has 1 atom stereocenters. The lowest BCUT2D eigenvalue weighted by Crippen LogP contribution is -2.35. The highest BCUT2D eigenvalue weighted by Gasteiger charge is 2.29. The fourth-order valence-corrected chi connectivity index (χ4v) is 3.35. The molecule has 1 amide bonds. The summed E-state index contributed by atoms with van der Waals surface area (Å²) in [5.74, 6) is 0.741. The molecule has 1 heterocycles. The van der Waals surface area contributed by atoms with Crippen LogP contribution in [-0.2, 0) is 4.79 Å². The van der Waals surface area contributed by atoms with Crippen molar-refractivity contribution >= 4 is 34.7 Å². The number of hydrogen-bond donors (Lipinski definition) is 1. The first-order valence-corrected chi connectivity index (χ1v) is 9.16. The zero-order valence-corrected chi connectivity index (χ0v) is 14.9. The Kier molecular flexibility index (Phi) is 4.76. The Morgan fingerprint density at radius 3 is 2.65 bits per heavy atom. The van der Waals surface area contributed by atoms with Gasteiger partial charge in [-0.25, -0.2) is 4.98 Å². The lowest BCUT2D eigenvalue weighted by molar-refractivity contribution is -0.117. The number of aromatic nitrogens is 1. The van der Waals surface area contributed by atoms with Gasteiger partial charge in [-0.2, -0.15) is 0 Å². The smallest absolute Gasteiger partial charge is 0.244 e. The number of hydrogen-bond acceptors (Lipinski definition) is 3. The van der Waals surface area contributed by atoms with E-state index in [0.29, 0.717) is 22.4 Å². The summed E-state index contributed by atoms with van der Waals surface area (Å²) in [5, 5.41) is 3.82. The van der Waals surface area contributed by atoms with E-state index in [1.165, 1.54) is 12.5 Å². The van der Waals surface area contributed by atoms with Gasteiger partial charge in [0.25, 0.3) is 0 Å². The summed E-state index contributed by atoms with van der Waals surface area (Å²) >= 11 is 5.98. The molecule has 5 heteroatoms. The first kappa shape index (κ1) is 16.9. The second-order valence-electron chi connectivity index (χ2n) is 6.58. The largest absolute Gasteiger partial charge is 0.437 e. The monoisotopic (exact) mass is 366 g/mol. The van der Waals surface area contributed by atoms with E-state index in [2.05, 4.69) is 10.3 Å². The van der Waals surface area contributed by atoms with Crippen LogP contribution in [0.1, 0.15) is 36.8 Å². The Bertz CT molecular complexity index is 909. The van der Waals surface area contributed by atoms with Gasteiger partial charge in [-0.15, -0.1) is 0 Å². The molecule has 3 aromatic rings. The Balaban J connectivity index is 1.48. The van der Waals surface area contributed by atoms with Gasteiger partial charge in [-0.3, -0.25) is 4.79 Å². The number of nitrogens with one attached hydrogen (secondary N) is 1. The molecule has 0 spiro atoms. The molecule has 0 radical (unpaired) electrons. The van der Waals surface area contributed by atoms with Gasteiger partial charge in [0.05, 0.1) is 6.04 Å². The van der Waals surface area contributed by atoms with Crippen molar-refractivity contribution in [3.8, 4) is 0 Å². The fourth-order valence-electron chi connectivity index (χ4n) is 3.23. The van der Waals surface area contributed by atoms with Crippen molar-refractivity contribution < 1.29 is 9.21 Å². The second kappa shape index (κ2) is 7.34. The summed E-state index contributed by atoms with van der Waals surface area (Å²) in [4.78, 5) is 16.8. The lowest BCUT2D eigenvalue weighted by atomic mass is 9.77. The predicted molar refractivity (Wildman–Crippen MR) is 103 cm³/mol. The van der Waals surface area contributed by atoms with E-state index < -0.39 is 0 Å². The van der Waals surface area contributed by atoms with Gasteiger partial charge in [-0.05, 0) is 48.6 Å². The van der Waals surface area contributed by atoms with Crippen molar-refractivity contribution in [1.29, 1.82) is 0 Å². The Hall–Kier alpha value is -2.59. The molecule has 2 aromatic carbocycles. The van der Waals surface area contributed by atoms with Crippen molar-refractivity contribution in [3.63, 3.8) is 0 Å². The minimum Gasteiger partial charge on any atom is -0.437 e. The SMILES string of the molecule is O=C(/C=C/c1nc2ccccc2o1)NC(c1ccc(Cl)cc1)C1CCC1. The Morgan fingerprint density at radius 1 is 1.19 bits per heavy atom. The summed E-state index contributed by atoms with van der Waals surface area (Å²) in [7, 11) is 0. The van der Waals surface area contributed by atoms with Crippen molar-refractivity contribution in [3.05, 3.63) is 71.1 Å². The molecule has 0 saturated heterocycles. The van der Waals surface area contributed by atoms with Crippen LogP contribution in [0.4, 0.5) is 0 Å². The number of rotatable bonds is 5. The van der Waals surface area contributed by atoms with Crippen LogP contribution in [-0.4, -0.2) is 10.9 Å². The maximum absolute atomic E-state index is 12.4. The van der Waals surface area contributed by atoms with E-state index in [-0.39, 0.29) is 11.9 Å². The number of halogens is 1. The Labute approximate surface area is 156 Å². The van der Waals surface area contributed by atoms with E-state index in [1.54, 1.807) is 6.08 Å². The van der Waals surface area contributed by atoms with Crippen LogP contribution < -0.4 is 5.32 Å². The van der Waals surface area contributed by atoms with Crippen LogP contribution in [0.3, 0.4) is 0 Å². The summed E-state index contributed by atoms with van der Waals surface area (Å²) in [5.41, 5.74) is 2.57. The van der Waals surface area contributed by atoms with Crippen molar-refractivity contribution in [2.75, 3.05) is 0 Å². The number of fused-ring (bicyclic) bond motifs is 1. The predicted octanol–water partition coefficient (Wildman–Crippen LogP) is 5.15. The average molecular weight is 367 g/mol. The van der Waals surface area contributed by atoms with Crippen LogP contribution in [0.25, 0.3) is 17.2 Å². The molecule has 1 saturated carbocycles. The van der Waals surface area contributed by atoms with Crippen LogP contribution in [0.15, 0.2) is 59.0 Å². The molecule has 1 unspecified atom stereocenters. The Morgan fingerprint density at radius 2 is 1.96 bits per heavy atom. The third kappa shape index (κ3) is 3.65. The molecule has 1 fully saturated rings. The van der Waals surface area contributed by atoms with E-state index in [9.17, 15) is 4.79 Å². The summed E-state index contributed by atoms with van der Waals surface area (Å²) in [6.45, 7) is 0. The van der Waals surface area contributed by atoms with E-state index in [0.717, 1.165) is 23.9 Å². The normalized spacial score (nSPS) is 15.9. The second-order valence-corrected chi connectivity index (χ2v) is 7.02. The number of para-hydroxylation sites is 2. The topological polar surface area (TPSA) is 55.1 Å². The summed E-state index contributed by atoms with van der Waals surface area (Å²) in [6, 6.07) is 15.2. The van der Waals surface area contributed by atoms with Gasteiger partial charge in [0.2, 0.25) is 11.8 Å². The molecule has 1 aromatic heterocycles.